The molecule has 0 aliphatic heterocycles. The molecule has 16 heavy (non-hydrogen) atoms. The van der Waals surface area contributed by atoms with E-state index in [0.29, 0.717) is 11.4 Å². The Morgan fingerprint density at radius 2 is 2.00 bits per heavy atom. The van der Waals surface area contributed by atoms with E-state index in [1.807, 2.05) is 19.1 Å². The molecule has 0 aliphatic carbocycles. The Morgan fingerprint density at radius 3 is 2.50 bits per heavy atom. The van der Waals surface area contributed by atoms with E-state index in [0.717, 1.165) is 18.5 Å². The zero-order valence-electron chi connectivity index (χ0n) is 10.5. The Balaban J connectivity index is 3.05. The first-order valence-corrected chi connectivity index (χ1v) is 5.70. The molecule has 3 heteroatoms. The number of nitrogens with one attached hydrogen (secondary N) is 1. The third-order valence-corrected chi connectivity index (χ3v) is 3.14. The quantitative estimate of drug-likeness (QED) is 0.842. The molecular weight excluding hydrogens is 198 g/mol. The number of nitriles is 1. The SMILES string of the molecule is CCC(C)(CC)Nc1nc(C)ccc1C#N. The molecule has 3 nitrogen and oxygen atoms in total. The van der Waals surface area contributed by atoms with Crippen LogP contribution in [0.5, 0.6) is 0 Å². The van der Waals surface area contributed by atoms with Gasteiger partial charge in [-0.3, -0.25) is 0 Å². The van der Waals surface area contributed by atoms with Crippen molar-refractivity contribution >= 4 is 5.82 Å². The van der Waals surface area contributed by atoms with Gasteiger partial charge >= 0.3 is 0 Å². The van der Waals surface area contributed by atoms with Crippen LogP contribution in [0.3, 0.4) is 0 Å². The van der Waals surface area contributed by atoms with Crippen molar-refractivity contribution in [1.29, 1.82) is 5.26 Å². The summed E-state index contributed by atoms with van der Waals surface area (Å²) in [7, 11) is 0. The molecule has 1 aromatic heterocycles. The summed E-state index contributed by atoms with van der Waals surface area (Å²) >= 11 is 0. The van der Waals surface area contributed by atoms with Crippen molar-refractivity contribution in [2.75, 3.05) is 5.32 Å². The Bertz CT molecular complexity index is 400. The molecule has 0 atom stereocenters. The summed E-state index contributed by atoms with van der Waals surface area (Å²) in [6.07, 6.45) is 2.01. The number of aromatic nitrogens is 1. The molecule has 0 aliphatic rings. The van der Waals surface area contributed by atoms with Crippen molar-refractivity contribution in [2.24, 2.45) is 0 Å². The van der Waals surface area contributed by atoms with Crippen LogP contribution in [-0.4, -0.2) is 10.5 Å². The van der Waals surface area contributed by atoms with Gasteiger partial charge in [0.15, 0.2) is 0 Å². The molecule has 0 saturated carbocycles. The van der Waals surface area contributed by atoms with Gasteiger partial charge in [0.25, 0.3) is 0 Å². The smallest absolute Gasteiger partial charge is 0.144 e. The van der Waals surface area contributed by atoms with E-state index >= 15 is 0 Å². The minimum absolute atomic E-state index is 0.00634. The van der Waals surface area contributed by atoms with Gasteiger partial charge < -0.3 is 5.32 Å². The number of rotatable bonds is 4. The number of anilines is 1. The Morgan fingerprint density at radius 1 is 1.38 bits per heavy atom. The zero-order valence-corrected chi connectivity index (χ0v) is 10.5. The van der Waals surface area contributed by atoms with Crippen molar-refractivity contribution in [1.82, 2.24) is 4.98 Å². The summed E-state index contributed by atoms with van der Waals surface area (Å²) < 4.78 is 0. The van der Waals surface area contributed by atoms with Gasteiger partial charge in [0.05, 0.1) is 5.56 Å². The van der Waals surface area contributed by atoms with Crippen LogP contribution in [0.1, 0.15) is 44.9 Å². The number of hydrogen-bond donors (Lipinski definition) is 1. The predicted octanol–water partition coefficient (Wildman–Crippen LogP) is 3.25. The second-order valence-electron chi connectivity index (χ2n) is 4.35. The van der Waals surface area contributed by atoms with Crippen molar-refractivity contribution in [3.63, 3.8) is 0 Å². The van der Waals surface area contributed by atoms with Gasteiger partial charge in [-0.2, -0.15) is 5.26 Å². The summed E-state index contributed by atoms with van der Waals surface area (Å²) in [5.74, 6) is 0.703. The number of pyridine rings is 1. The van der Waals surface area contributed by atoms with Gasteiger partial charge in [-0.25, -0.2) is 4.98 Å². The lowest BCUT2D eigenvalue weighted by Crippen LogP contribution is -2.33. The molecule has 0 fully saturated rings. The number of aryl methyl sites for hydroxylation is 1. The number of hydrogen-bond acceptors (Lipinski definition) is 3. The van der Waals surface area contributed by atoms with Crippen LogP contribution < -0.4 is 5.32 Å². The molecule has 86 valence electrons. The van der Waals surface area contributed by atoms with E-state index < -0.39 is 0 Å². The molecule has 0 amide bonds. The molecule has 1 rings (SSSR count). The maximum Gasteiger partial charge on any atom is 0.144 e. The Labute approximate surface area is 97.5 Å². The average molecular weight is 217 g/mol. The highest BCUT2D eigenvalue weighted by atomic mass is 15.1. The van der Waals surface area contributed by atoms with Crippen LogP contribution in [0.15, 0.2) is 12.1 Å². The molecule has 0 spiro atoms. The third-order valence-electron chi connectivity index (χ3n) is 3.14. The highest BCUT2D eigenvalue weighted by Gasteiger charge is 2.21. The molecule has 1 aromatic rings. The van der Waals surface area contributed by atoms with E-state index in [1.165, 1.54) is 0 Å². The van der Waals surface area contributed by atoms with E-state index in [4.69, 9.17) is 5.26 Å². The predicted molar refractivity (Wildman–Crippen MR) is 66.3 cm³/mol. The van der Waals surface area contributed by atoms with Crippen molar-refractivity contribution < 1.29 is 0 Å². The lowest BCUT2D eigenvalue weighted by atomic mass is 9.95. The fourth-order valence-corrected chi connectivity index (χ4v) is 1.45. The lowest BCUT2D eigenvalue weighted by Gasteiger charge is -2.29. The highest BCUT2D eigenvalue weighted by molar-refractivity contribution is 5.53. The van der Waals surface area contributed by atoms with Crippen LogP contribution in [0.25, 0.3) is 0 Å². The van der Waals surface area contributed by atoms with Crippen LogP contribution in [0, 0.1) is 18.3 Å². The van der Waals surface area contributed by atoms with Crippen molar-refractivity contribution in [3.8, 4) is 6.07 Å². The number of nitrogens with zero attached hydrogens (tertiary/aromatic N) is 2. The Hall–Kier alpha value is -1.56. The Kier molecular flexibility index (Phi) is 3.89. The first kappa shape index (κ1) is 12.5. The largest absolute Gasteiger partial charge is 0.364 e. The summed E-state index contributed by atoms with van der Waals surface area (Å²) in [6, 6.07) is 5.84. The van der Waals surface area contributed by atoms with Crippen molar-refractivity contribution in [3.05, 3.63) is 23.4 Å². The van der Waals surface area contributed by atoms with Crippen LogP contribution in [-0.2, 0) is 0 Å². The second kappa shape index (κ2) is 4.98. The van der Waals surface area contributed by atoms with Crippen LogP contribution in [0.4, 0.5) is 5.82 Å². The summed E-state index contributed by atoms with van der Waals surface area (Å²) in [5, 5.41) is 12.4. The van der Waals surface area contributed by atoms with Gasteiger partial charge in [-0.1, -0.05) is 13.8 Å². The lowest BCUT2D eigenvalue weighted by molar-refractivity contribution is 0.476. The normalized spacial score (nSPS) is 10.9. The fraction of sp³-hybridized carbons (Fsp3) is 0.538. The molecule has 1 heterocycles. The molecule has 0 unspecified atom stereocenters. The topological polar surface area (TPSA) is 48.7 Å². The van der Waals surface area contributed by atoms with E-state index in [-0.39, 0.29) is 5.54 Å². The maximum atomic E-state index is 9.02. The van der Waals surface area contributed by atoms with Gasteiger partial charge in [-0.05, 0) is 38.8 Å². The molecule has 0 radical (unpaired) electrons. The molecular formula is C13H19N3. The van der Waals surface area contributed by atoms with E-state index in [9.17, 15) is 0 Å². The molecule has 1 N–H and O–H groups in total. The van der Waals surface area contributed by atoms with Gasteiger partial charge in [0.2, 0.25) is 0 Å². The van der Waals surface area contributed by atoms with Gasteiger partial charge in [0, 0.05) is 11.2 Å². The van der Waals surface area contributed by atoms with Crippen LogP contribution in [0.2, 0.25) is 0 Å². The summed E-state index contributed by atoms with van der Waals surface area (Å²) in [5.41, 5.74) is 1.54. The fourth-order valence-electron chi connectivity index (χ4n) is 1.45. The average Bonchev–Trinajstić information content (AvgIpc) is 2.29. The van der Waals surface area contributed by atoms with Gasteiger partial charge in [0.1, 0.15) is 11.9 Å². The molecule has 0 bridgehead atoms. The van der Waals surface area contributed by atoms with Crippen molar-refractivity contribution in [2.45, 2.75) is 46.1 Å². The van der Waals surface area contributed by atoms with Crippen LogP contribution >= 0.6 is 0 Å². The highest BCUT2D eigenvalue weighted by Crippen LogP contribution is 2.22. The minimum Gasteiger partial charge on any atom is -0.364 e. The first-order valence-electron chi connectivity index (χ1n) is 5.70. The van der Waals surface area contributed by atoms with Gasteiger partial charge in [-0.15, -0.1) is 0 Å². The summed E-state index contributed by atoms with van der Waals surface area (Å²) in [6.45, 7) is 8.36. The summed E-state index contributed by atoms with van der Waals surface area (Å²) in [4.78, 5) is 4.39. The standard InChI is InChI=1S/C13H19N3/c1-5-13(4,6-2)16-12-11(9-14)8-7-10(3)15-12/h7-8H,5-6H2,1-4H3,(H,15,16). The maximum absolute atomic E-state index is 9.02. The first-order chi connectivity index (χ1) is 7.54. The second-order valence-corrected chi connectivity index (χ2v) is 4.35. The molecule has 0 aromatic carbocycles. The van der Waals surface area contributed by atoms with E-state index in [1.54, 1.807) is 0 Å². The minimum atomic E-state index is 0.00634. The zero-order chi connectivity index (χ0) is 12.2. The third kappa shape index (κ3) is 2.73. The monoisotopic (exact) mass is 217 g/mol. The molecule has 0 saturated heterocycles. The van der Waals surface area contributed by atoms with E-state index in [2.05, 4.69) is 37.1 Å².